The van der Waals surface area contributed by atoms with Gasteiger partial charge in [-0.1, -0.05) is 38.0 Å². The van der Waals surface area contributed by atoms with E-state index in [1.165, 1.54) is 12.1 Å². The Morgan fingerprint density at radius 1 is 1.06 bits per heavy atom. The van der Waals surface area contributed by atoms with E-state index >= 15 is 0 Å². The fraction of sp³-hybridized carbons (Fsp3) is 0.571. The van der Waals surface area contributed by atoms with E-state index in [2.05, 4.69) is 6.92 Å². The first-order valence-corrected chi connectivity index (χ1v) is 6.14. The van der Waals surface area contributed by atoms with Crippen molar-refractivity contribution < 1.29 is 13.2 Å². The number of halogens is 3. The molecule has 0 N–H and O–H groups in total. The zero-order valence-corrected chi connectivity index (χ0v) is 9.93. The second-order valence-electron chi connectivity index (χ2n) is 5.08. The van der Waals surface area contributed by atoms with Gasteiger partial charge < -0.3 is 0 Å². The summed E-state index contributed by atoms with van der Waals surface area (Å²) in [6, 6.07) is 5.82. The van der Waals surface area contributed by atoms with Gasteiger partial charge in [-0.3, -0.25) is 0 Å². The molecule has 1 fully saturated rings. The normalized spacial score (nSPS) is 25.9. The summed E-state index contributed by atoms with van der Waals surface area (Å²) in [4.78, 5) is 0. The summed E-state index contributed by atoms with van der Waals surface area (Å²) in [6.07, 6.45) is 0.0603. The lowest BCUT2D eigenvalue weighted by Gasteiger charge is -2.26. The van der Waals surface area contributed by atoms with Gasteiger partial charge in [-0.25, -0.2) is 0 Å². The smallest absolute Gasteiger partial charge is 0.166 e. The number of alkyl halides is 3. The molecule has 0 amide bonds. The number of benzene rings is 1. The highest BCUT2D eigenvalue weighted by atomic mass is 19.4. The molecule has 0 radical (unpaired) electrons. The minimum atomic E-state index is -4.22. The third kappa shape index (κ3) is 3.02. The summed E-state index contributed by atoms with van der Waals surface area (Å²) in [5.41, 5.74) is 0.334. The Kier molecular flexibility index (Phi) is 3.45. The third-order valence-electron chi connectivity index (χ3n) is 3.70. The standard InChI is InChI=1S/C14H17F3/c1-10-5-7-11(8-6-10)12-3-2-4-13(9-12)14(15,16)17/h2-4,9-11H,5-8H2,1H3/t10-,11+. The van der Waals surface area contributed by atoms with Crippen LogP contribution in [0.2, 0.25) is 0 Å². The molecule has 0 atom stereocenters. The van der Waals surface area contributed by atoms with E-state index in [1.807, 2.05) is 6.07 Å². The Morgan fingerprint density at radius 3 is 2.29 bits per heavy atom. The average molecular weight is 242 g/mol. The van der Waals surface area contributed by atoms with Crippen LogP contribution in [-0.4, -0.2) is 0 Å². The topological polar surface area (TPSA) is 0 Å². The molecule has 0 saturated heterocycles. The Hall–Kier alpha value is -0.990. The molecule has 0 heterocycles. The Morgan fingerprint density at radius 2 is 1.71 bits per heavy atom. The van der Waals surface area contributed by atoms with Crippen molar-refractivity contribution in [3.05, 3.63) is 35.4 Å². The van der Waals surface area contributed by atoms with Crippen molar-refractivity contribution in [1.29, 1.82) is 0 Å². The van der Waals surface area contributed by atoms with Gasteiger partial charge in [0.1, 0.15) is 0 Å². The summed E-state index contributed by atoms with van der Waals surface area (Å²) >= 11 is 0. The van der Waals surface area contributed by atoms with E-state index in [4.69, 9.17) is 0 Å². The highest BCUT2D eigenvalue weighted by Crippen LogP contribution is 2.37. The average Bonchev–Trinajstić information content (AvgIpc) is 2.29. The van der Waals surface area contributed by atoms with E-state index in [-0.39, 0.29) is 0 Å². The van der Waals surface area contributed by atoms with Crippen molar-refractivity contribution in [1.82, 2.24) is 0 Å². The largest absolute Gasteiger partial charge is 0.416 e. The maximum Gasteiger partial charge on any atom is 0.416 e. The van der Waals surface area contributed by atoms with Gasteiger partial charge in [0.25, 0.3) is 0 Å². The number of hydrogen-bond acceptors (Lipinski definition) is 0. The SMILES string of the molecule is C[C@H]1CC[C@@H](c2cccc(C(F)(F)F)c2)CC1. The monoisotopic (exact) mass is 242 g/mol. The summed E-state index contributed by atoms with van der Waals surface area (Å²) in [5, 5.41) is 0. The summed E-state index contributed by atoms with van der Waals surface area (Å²) in [6.45, 7) is 2.21. The van der Waals surface area contributed by atoms with Crippen LogP contribution in [0, 0.1) is 5.92 Å². The molecule has 1 aromatic rings. The quantitative estimate of drug-likeness (QED) is 0.650. The van der Waals surface area contributed by atoms with Crippen LogP contribution in [0.4, 0.5) is 13.2 Å². The van der Waals surface area contributed by atoms with E-state index in [0.717, 1.165) is 43.2 Å². The highest BCUT2D eigenvalue weighted by molar-refractivity contribution is 5.28. The fourth-order valence-electron chi connectivity index (χ4n) is 2.56. The first-order valence-electron chi connectivity index (χ1n) is 6.14. The molecule has 0 aromatic heterocycles. The van der Waals surface area contributed by atoms with E-state index in [0.29, 0.717) is 5.92 Å². The Balaban J connectivity index is 2.16. The fourth-order valence-corrected chi connectivity index (χ4v) is 2.56. The van der Waals surface area contributed by atoms with Gasteiger partial charge in [-0.15, -0.1) is 0 Å². The van der Waals surface area contributed by atoms with Crippen LogP contribution >= 0.6 is 0 Å². The molecule has 0 nitrogen and oxygen atoms in total. The minimum Gasteiger partial charge on any atom is -0.166 e. The van der Waals surface area contributed by atoms with Gasteiger partial charge in [-0.2, -0.15) is 13.2 Å². The molecule has 1 aliphatic rings. The third-order valence-corrected chi connectivity index (χ3v) is 3.70. The summed E-state index contributed by atoms with van der Waals surface area (Å²) < 4.78 is 37.8. The first kappa shape index (κ1) is 12.5. The Bertz CT molecular complexity index is 373. The molecule has 17 heavy (non-hydrogen) atoms. The number of hydrogen-bond donors (Lipinski definition) is 0. The molecule has 0 bridgehead atoms. The van der Waals surface area contributed by atoms with Crippen molar-refractivity contribution in [2.75, 3.05) is 0 Å². The highest BCUT2D eigenvalue weighted by Gasteiger charge is 2.31. The van der Waals surface area contributed by atoms with Crippen molar-refractivity contribution in [3.63, 3.8) is 0 Å². The summed E-state index contributed by atoms with van der Waals surface area (Å²) in [5.74, 6) is 1.03. The maximum absolute atomic E-state index is 12.6. The van der Waals surface area contributed by atoms with Crippen molar-refractivity contribution in [2.24, 2.45) is 5.92 Å². The van der Waals surface area contributed by atoms with Crippen LogP contribution in [0.1, 0.15) is 49.7 Å². The van der Waals surface area contributed by atoms with Gasteiger partial charge in [0.05, 0.1) is 5.56 Å². The second kappa shape index (κ2) is 4.71. The van der Waals surface area contributed by atoms with Crippen LogP contribution in [0.15, 0.2) is 24.3 Å². The van der Waals surface area contributed by atoms with Crippen molar-refractivity contribution in [2.45, 2.75) is 44.7 Å². The maximum atomic E-state index is 12.6. The van der Waals surface area contributed by atoms with Gasteiger partial charge >= 0.3 is 6.18 Å². The van der Waals surface area contributed by atoms with Crippen LogP contribution < -0.4 is 0 Å². The zero-order valence-electron chi connectivity index (χ0n) is 9.93. The van der Waals surface area contributed by atoms with Gasteiger partial charge in [0, 0.05) is 0 Å². The van der Waals surface area contributed by atoms with Crippen molar-refractivity contribution >= 4 is 0 Å². The van der Waals surface area contributed by atoms with Crippen LogP contribution in [-0.2, 0) is 6.18 Å². The van der Waals surface area contributed by atoms with Crippen LogP contribution in [0.5, 0.6) is 0 Å². The molecule has 1 aromatic carbocycles. The van der Waals surface area contributed by atoms with Gasteiger partial charge in [0.15, 0.2) is 0 Å². The molecule has 1 saturated carbocycles. The van der Waals surface area contributed by atoms with Gasteiger partial charge in [0.2, 0.25) is 0 Å². The molecule has 2 rings (SSSR count). The predicted molar refractivity (Wildman–Crippen MR) is 61.8 cm³/mol. The van der Waals surface area contributed by atoms with E-state index < -0.39 is 11.7 Å². The molecule has 0 spiro atoms. The molecule has 3 heteroatoms. The second-order valence-corrected chi connectivity index (χ2v) is 5.08. The lowest BCUT2D eigenvalue weighted by molar-refractivity contribution is -0.137. The number of rotatable bonds is 1. The Labute approximate surface area is 99.8 Å². The first-order chi connectivity index (χ1) is 7.97. The van der Waals surface area contributed by atoms with E-state index in [9.17, 15) is 13.2 Å². The molecule has 1 aliphatic carbocycles. The predicted octanol–water partition coefficient (Wildman–Crippen LogP) is 5.00. The molecule has 0 aliphatic heterocycles. The van der Waals surface area contributed by atoms with Gasteiger partial charge in [-0.05, 0) is 36.3 Å². The van der Waals surface area contributed by atoms with Crippen LogP contribution in [0.25, 0.3) is 0 Å². The lowest BCUT2D eigenvalue weighted by atomic mass is 9.79. The van der Waals surface area contributed by atoms with E-state index in [1.54, 1.807) is 0 Å². The van der Waals surface area contributed by atoms with Crippen LogP contribution in [0.3, 0.4) is 0 Å². The lowest BCUT2D eigenvalue weighted by Crippen LogP contribution is -2.12. The van der Waals surface area contributed by atoms with Crippen molar-refractivity contribution in [3.8, 4) is 0 Å². The molecule has 94 valence electrons. The minimum absolute atomic E-state index is 0.313. The molecule has 0 unspecified atom stereocenters. The zero-order chi connectivity index (χ0) is 12.5. The summed E-state index contributed by atoms with van der Waals surface area (Å²) in [7, 11) is 0. The molecular weight excluding hydrogens is 225 g/mol. The molecular formula is C14H17F3.